The van der Waals surface area contributed by atoms with Gasteiger partial charge in [0.2, 0.25) is 0 Å². The van der Waals surface area contributed by atoms with Crippen molar-refractivity contribution in [2.45, 2.75) is 13.8 Å². The highest BCUT2D eigenvalue weighted by Crippen LogP contribution is 1.51. The minimum absolute atomic E-state index is 0.167. The van der Waals surface area contributed by atoms with E-state index in [2.05, 4.69) is 5.16 Å². The molecule has 0 aromatic rings. The molecule has 5 nitrogen and oxygen atoms in total. The average molecular weight is 132 g/mol. The Bertz CT molecular complexity index is 101. The lowest BCUT2D eigenvalue weighted by Crippen LogP contribution is -2.03. The van der Waals surface area contributed by atoms with E-state index in [1.807, 2.05) is 0 Å². The molecule has 0 aliphatic rings. The largest absolute Gasteiger partial charge is 0.409 e. The number of hydrogen-bond donors (Lipinski definition) is 4. The Morgan fingerprint density at radius 2 is 1.56 bits per heavy atom. The van der Waals surface area contributed by atoms with E-state index in [1.54, 1.807) is 0 Å². The Labute approximate surface area is 53.8 Å². The fourth-order valence-corrected chi connectivity index (χ4v) is 0. The maximum absolute atomic E-state index is 7.61. The molecule has 0 aromatic heterocycles. The summed E-state index contributed by atoms with van der Waals surface area (Å²) >= 11 is 0. The summed E-state index contributed by atoms with van der Waals surface area (Å²) in [6, 6.07) is 0. The normalized spacial score (nSPS) is 9.33. The molecule has 0 amide bonds. The van der Waals surface area contributed by atoms with Crippen LogP contribution < -0.4 is 11.5 Å². The van der Waals surface area contributed by atoms with Gasteiger partial charge in [-0.1, -0.05) is 5.16 Å². The van der Waals surface area contributed by atoms with Gasteiger partial charge in [0.15, 0.2) is 0 Å². The lowest BCUT2D eigenvalue weighted by molar-refractivity contribution is 0.318. The van der Waals surface area contributed by atoms with Gasteiger partial charge in [-0.05, 0) is 13.8 Å². The molecule has 0 aliphatic heterocycles. The predicted molar refractivity (Wildman–Crippen MR) is 36.7 cm³/mol. The molecule has 0 aliphatic carbocycles. The molecule has 0 atom stereocenters. The molecule has 0 fully saturated rings. The van der Waals surface area contributed by atoms with Crippen LogP contribution in [0.3, 0.4) is 0 Å². The van der Waals surface area contributed by atoms with Crippen molar-refractivity contribution in [1.82, 2.24) is 0 Å². The summed E-state index contributed by atoms with van der Waals surface area (Å²) in [7, 11) is 0. The number of rotatable bonds is 0. The van der Waals surface area contributed by atoms with Crippen LogP contribution in [0.25, 0.3) is 0 Å². The van der Waals surface area contributed by atoms with Crippen molar-refractivity contribution in [2.75, 3.05) is 0 Å². The van der Waals surface area contributed by atoms with Gasteiger partial charge in [-0.25, -0.2) is 0 Å². The molecule has 0 bridgehead atoms. The highest BCUT2D eigenvalue weighted by molar-refractivity contribution is 5.76. The van der Waals surface area contributed by atoms with E-state index in [1.165, 1.54) is 13.8 Å². The first-order valence-electron chi connectivity index (χ1n) is 2.25. The van der Waals surface area contributed by atoms with Crippen LogP contribution in [0.2, 0.25) is 0 Å². The van der Waals surface area contributed by atoms with Gasteiger partial charge < -0.3 is 16.7 Å². The van der Waals surface area contributed by atoms with E-state index < -0.39 is 0 Å². The highest BCUT2D eigenvalue weighted by atomic mass is 16.4. The fourth-order valence-electron chi connectivity index (χ4n) is 0. The molecule has 0 rings (SSSR count). The Morgan fingerprint density at radius 1 is 1.44 bits per heavy atom. The van der Waals surface area contributed by atoms with Crippen LogP contribution in [-0.4, -0.2) is 16.9 Å². The van der Waals surface area contributed by atoms with E-state index in [0.29, 0.717) is 0 Å². The average Bonchev–Trinajstić information content (AvgIpc) is 1.65. The Hall–Kier alpha value is -1.26. The zero-order valence-electron chi connectivity index (χ0n) is 5.55. The van der Waals surface area contributed by atoms with Crippen molar-refractivity contribution in [1.29, 1.82) is 5.41 Å². The van der Waals surface area contributed by atoms with E-state index in [4.69, 9.17) is 22.1 Å². The van der Waals surface area contributed by atoms with Crippen LogP contribution in [-0.2, 0) is 0 Å². The number of oxime groups is 1. The lowest BCUT2D eigenvalue weighted by atomic mass is 10.7. The topological polar surface area (TPSA) is 108 Å². The third kappa shape index (κ3) is 277. The molecule has 0 spiro atoms. The maximum atomic E-state index is 7.61. The molecule has 5 heteroatoms. The van der Waals surface area contributed by atoms with Gasteiger partial charge in [-0.2, -0.15) is 0 Å². The minimum atomic E-state index is 0.167. The second-order valence-corrected chi connectivity index (χ2v) is 1.42. The highest BCUT2D eigenvalue weighted by Gasteiger charge is 1.64. The van der Waals surface area contributed by atoms with Gasteiger partial charge in [-0.3, -0.25) is 5.41 Å². The van der Waals surface area contributed by atoms with Crippen LogP contribution in [0.1, 0.15) is 13.8 Å². The minimum Gasteiger partial charge on any atom is -0.409 e. The number of hydrogen-bond acceptors (Lipinski definition) is 3. The standard InChI is InChI=1S/C2H6N2O.C2H6N2/c1-2(3)4-5;1-2(3)4/h5H,1H3,(H2,3,4);1H3,(H3,3,4). The number of nitrogens with two attached hydrogens (primary N) is 2. The first kappa shape index (κ1) is 10.7. The van der Waals surface area contributed by atoms with Gasteiger partial charge >= 0.3 is 0 Å². The molecule has 0 saturated carbocycles. The molecule has 9 heavy (non-hydrogen) atoms. The predicted octanol–water partition coefficient (Wildman–Crippen LogP) is -0.305. The van der Waals surface area contributed by atoms with Gasteiger partial charge in [0.05, 0.1) is 5.84 Å². The Kier molecular flexibility index (Phi) is 7.99. The van der Waals surface area contributed by atoms with Crippen molar-refractivity contribution >= 4 is 11.7 Å². The van der Waals surface area contributed by atoms with Crippen LogP contribution >= 0.6 is 0 Å². The van der Waals surface area contributed by atoms with Gasteiger partial charge in [0.25, 0.3) is 0 Å². The summed E-state index contributed by atoms with van der Waals surface area (Å²) in [6.07, 6.45) is 0. The Morgan fingerprint density at radius 3 is 1.56 bits per heavy atom. The van der Waals surface area contributed by atoms with E-state index in [-0.39, 0.29) is 11.7 Å². The quantitative estimate of drug-likeness (QED) is 0.157. The second kappa shape index (κ2) is 6.74. The van der Waals surface area contributed by atoms with Crippen molar-refractivity contribution in [3.63, 3.8) is 0 Å². The molecule has 0 heterocycles. The van der Waals surface area contributed by atoms with Crippen LogP contribution in [0.15, 0.2) is 5.16 Å². The van der Waals surface area contributed by atoms with Crippen LogP contribution in [0, 0.1) is 5.41 Å². The van der Waals surface area contributed by atoms with Crippen LogP contribution in [0.4, 0.5) is 0 Å². The second-order valence-electron chi connectivity index (χ2n) is 1.42. The van der Waals surface area contributed by atoms with E-state index in [9.17, 15) is 0 Å². The molecule has 0 aromatic carbocycles. The zero-order valence-corrected chi connectivity index (χ0v) is 5.55. The van der Waals surface area contributed by atoms with Crippen molar-refractivity contribution in [2.24, 2.45) is 16.6 Å². The van der Waals surface area contributed by atoms with Crippen molar-refractivity contribution in [3.8, 4) is 0 Å². The molecule has 0 radical (unpaired) electrons. The summed E-state index contributed by atoms with van der Waals surface area (Å²) < 4.78 is 0. The van der Waals surface area contributed by atoms with Gasteiger partial charge in [-0.15, -0.1) is 0 Å². The molecular formula is C4H12N4O. The molecule has 0 unspecified atom stereocenters. The fraction of sp³-hybridized carbons (Fsp3) is 0.500. The summed E-state index contributed by atoms with van der Waals surface area (Å²) in [4.78, 5) is 0. The van der Waals surface area contributed by atoms with E-state index in [0.717, 1.165) is 0 Å². The number of nitrogens with zero attached hydrogens (tertiary/aromatic N) is 1. The summed E-state index contributed by atoms with van der Waals surface area (Å²) in [6.45, 7) is 3.03. The number of nitrogens with one attached hydrogen (secondary N) is 1. The Balaban J connectivity index is 0. The molecule has 6 N–H and O–H groups in total. The van der Waals surface area contributed by atoms with Crippen molar-refractivity contribution < 1.29 is 5.21 Å². The lowest BCUT2D eigenvalue weighted by Gasteiger charge is -1.73. The molecule has 54 valence electrons. The number of amidine groups is 2. The molecular weight excluding hydrogens is 120 g/mol. The van der Waals surface area contributed by atoms with Gasteiger partial charge in [0, 0.05) is 0 Å². The van der Waals surface area contributed by atoms with Crippen LogP contribution in [0.5, 0.6) is 0 Å². The first-order chi connectivity index (χ1) is 4.00. The third-order valence-corrected chi connectivity index (χ3v) is 0.158. The monoisotopic (exact) mass is 132 g/mol. The first-order valence-corrected chi connectivity index (χ1v) is 2.25. The zero-order chi connectivity index (χ0) is 7.86. The summed E-state index contributed by atoms with van der Waals surface area (Å²) in [5.41, 5.74) is 9.49. The maximum Gasteiger partial charge on any atom is 0.135 e. The van der Waals surface area contributed by atoms with Crippen molar-refractivity contribution in [3.05, 3.63) is 0 Å². The van der Waals surface area contributed by atoms with Gasteiger partial charge in [0.1, 0.15) is 5.84 Å². The summed E-state index contributed by atoms with van der Waals surface area (Å²) in [5, 5.41) is 16.5. The smallest absolute Gasteiger partial charge is 0.135 e. The molecule has 0 saturated heterocycles. The summed E-state index contributed by atoms with van der Waals surface area (Å²) in [5.74, 6) is 0.352. The SMILES string of the molecule is C/C(N)=N/O.CC(=N)N. The van der Waals surface area contributed by atoms with E-state index >= 15 is 0 Å². The third-order valence-electron chi connectivity index (χ3n) is 0.158.